The predicted octanol–water partition coefficient (Wildman–Crippen LogP) is 2.71. The summed E-state index contributed by atoms with van der Waals surface area (Å²) in [5.41, 5.74) is 1.41. The molecule has 0 fully saturated rings. The molecule has 9 heteroatoms. The molecule has 1 N–H and O–H groups in total. The predicted molar refractivity (Wildman–Crippen MR) is 115 cm³/mol. The molecular formula is C20H23N5O2S2. The minimum absolute atomic E-state index is 0.0264. The van der Waals surface area contributed by atoms with E-state index in [1.165, 1.54) is 4.68 Å². The van der Waals surface area contributed by atoms with Crippen LogP contribution in [0.1, 0.15) is 39.7 Å². The van der Waals surface area contributed by atoms with E-state index in [0.29, 0.717) is 31.5 Å². The molecule has 3 aromatic rings. The molecule has 0 bridgehead atoms. The van der Waals surface area contributed by atoms with Crippen LogP contribution in [-0.2, 0) is 19.5 Å². The van der Waals surface area contributed by atoms with E-state index in [1.54, 1.807) is 27.7 Å². The van der Waals surface area contributed by atoms with Crippen LogP contribution < -0.4 is 11.0 Å². The summed E-state index contributed by atoms with van der Waals surface area (Å²) in [5.74, 6) is 0.710. The van der Waals surface area contributed by atoms with Gasteiger partial charge in [0.1, 0.15) is 5.82 Å². The molecule has 1 amide bonds. The molecule has 152 valence electrons. The van der Waals surface area contributed by atoms with Gasteiger partial charge in [-0.1, -0.05) is 0 Å². The maximum Gasteiger partial charge on any atom is 0.346 e. The number of carbonyl (C=O) groups is 1. The van der Waals surface area contributed by atoms with Gasteiger partial charge in [0, 0.05) is 34.8 Å². The molecule has 0 aliphatic carbocycles. The second-order valence-corrected chi connectivity index (χ2v) is 9.03. The molecule has 0 radical (unpaired) electrons. The van der Waals surface area contributed by atoms with Crippen molar-refractivity contribution in [1.29, 1.82) is 0 Å². The first-order valence-corrected chi connectivity index (χ1v) is 11.7. The van der Waals surface area contributed by atoms with E-state index in [2.05, 4.69) is 15.4 Å². The van der Waals surface area contributed by atoms with Crippen LogP contribution in [0.3, 0.4) is 0 Å². The van der Waals surface area contributed by atoms with Gasteiger partial charge in [0.15, 0.2) is 0 Å². The summed E-state index contributed by atoms with van der Waals surface area (Å²) in [5, 5.41) is 10.6. The summed E-state index contributed by atoms with van der Waals surface area (Å²) < 4.78 is 3.23. The van der Waals surface area contributed by atoms with E-state index < -0.39 is 0 Å². The van der Waals surface area contributed by atoms with Gasteiger partial charge in [-0.2, -0.15) is 5.10 Å². The van der Waals surface area contributed by atoms with Gasteiger partial charge in [-0.3, -0.25) is 9.36 Å². The molecule has 1 unspecified atom stereocenters. The van der Waals surface area contributed by atoms with Crippen molar-refractivity contribution >= 4 is 29.0 Å². The lowest BCUT2D eigenvalue weighted by Gasteiger charge is -2.16. The third-order valence-corrected chi connectivity index (χ3v) is 6.65. The van der Waals surface area contributed by atoms with Gasteiger partial charge in [0.2, 0.25) is 0 Å². The second kappa shape index (κ2) is 8.54. The number of thioether (sulfide) groups is 1. The average Bonchev–Trinajstić information content (AvgIpc) is 3.19. The van der Waals surface area contributed by atoms with E-state index in [-0.39, 0.29) is 17.6 Å². The van der Waals surface area contributed by atoms with E-state index >= 15 is 0 Å². The highest BCUT2D eigenvalue weighted by molar-refractivity contribution is 7.98. The molecular weight excluding hydrogens is 406 g/mol. The quantitative estimate of drug-likeness (QED) is 0.631. The smallest absolute Gasteiger partial charge is 0.346 e. The highest BCUT2D eigenvalue weighted by atomic mass is 32.2. The highest BCUT2D eigenvalue weighted by Gasteiger charge is 2.22. The van der Waals surface area contributed by atoms with Crippen LogP contribution in [0, 0.1) is 6.92 Å². The Labute approximate surface area is 177 Å². The maximum absolute atomic E-state index is 12.7. The van der Waals surface area contributed by atoms with Crippen molar-refractivity contribution in [2.24, 2.45) is 0 Å². The van der Waals surface area contributed by atoms with Gasteiger partial charge in [-0.25, -0.2) is 14.5 Å². The Morgan fingerprint density at radius 1 is 1.31 bits per heavy atom. The second-order valence-electron chi connectivity index (χ2n) is 7.09. The van der Waals surface area contributed by atoms with Crippen LogP contribution >= 0.6 is 23.1 Å². The van der Waals surface area contributed by atoms with Crippen molar-refractivity contribution < 1.29 is 4.79 Å². The molecule has 0 spiro atoms. The van der Waals surface area contributed by atoms with Gasteiger partial charge < -0.3 is 5.32 Å². The topological polar surface area (TPSA) is 81.8 Å². The number of hydrogen-bond acceptors (Lipinski definition) is 6. The lowest BCUT2D eigenvalue weighted by molar-refractivity contribution is 0.0933. The number of fused-ring (bicyclic) bond motifs is 1. The molecule has 4 rings (SSSR count). The van der Waals surface area contributed by atoms with Crippen LogP contribution in [0.2, 0.25) is 0 Å². The van der Waals surface area contributed by atoms with Crippen LogP contribution in [0.25, 0.3) is 0 Å². The number of hydrogen-bond donors (Lipinski definition) is 1. The normalized spacial score (nSPS) is 16.3. The fourth-order valence-electron chi connectivity index (χ4n) is 3.52. The van der Waals surface area contributed by atoms with E-state index in [0.717, 1.165) is 27.8 Å². The number of nitrogens with zero attached hydrogens (tertiary/aromatic N) is 4. The number of benzene rings is 1. The van der Waals surface area contributed by atoms with Crippen molar-refractivity contribution in [1.82, 2.24) is 24.6 Å². The number of carbonyl (C=O) groups excluding carboxylic acids is 1. The zero-order valence-electron chi connectivity index (χ0n) is 16.4. The van der Waals surface area contributed by atoms with Gasteiger partial charge >= 0.3 is 5.69 Å². The van der Waals surface area contributed by atoms with Crippen molar-refractivity contribution in [3.63, 3.8) is 0 Å². The summed E-state index contributed by atoms with van der Waals surface area (Å²) >= 11 is 3.22. The molecule has 3 heterocycles. The number of aryl methyl sites for hydroxylation is 2. The monoisotopic (exact) mass is 429 g/mol. The first-order valence-electron chi connectivity index (χ1n) is 9.56. The average molecular weight is 430 g/mol. The molecule has 0 saturated carbocycles. The largest absolute Gasteiger partial charge is 0.349 e. The molecule has 29 heavy (non-hydrogen) atoms. The number of amides is 1. The molecule has 2 aromatic heterocycles. The van der Waals surface area contributed by atoms with E-state index in [4.69, 9.17) is 0 Å². The van der Waals surface area contributed by atoms with Gasteiger partial charge in [0.25, 0.3) is 5.91 Å². The van der Waals surface area contributed by atoms with Crippen molar-refractivity contribution in [2.45, 2.75) is 50.2 Å². The summed E-state index contributed by atoms with van der Waals surface area (Å²) in [6, 6.07) is 7.63. The summed E-state index contributed by atoms with van der Waals surface area (Å²) in [6.45, 7) is 2.90. The van der Waals surface area contributed by atoms with Crippen LogP contribution in [-0.4, -0.2) is 37.5 Å². The standard InChI is InChI=1S/C20H23N5O2S2/c1-13-21-16(12-29-13)11-25-20(27)24-10-9-15(5-8-18(24)23-25)22-19(26)14-3-6-17(28-2)7-4-14/h3-4,6-7,12,15H,5,8-11H2,1-2H3,(H,22,26). The number of aromatic nitrogens is 4. The van der Waals surface area contributed by atoms with Crippen LogP contribution in [0.15, 0.2) is 39.3 Å². The van der Waals surface area contributed by atoms with Crippen LogP contribution in [0.4, 0.5) is 0 Å². The van der Waals surface area contributed by atoms with Gasteiger partial charge in [0.05, 0.1) is 17.2 Å². The number of rotatable bonds is 5. The Morgan fingerprint density at radius 3 is 2.79 bits per heavy atom. The Morgan fingerprint density at radius 2 is 2.10 bits per heavy atom. The fourth-order valence-corrected chi connectivity index (χ4v) is 4.53. The van der Waals surface area contributed by atoms with Gasteiger partial charge in [-0.15, -0.1) is 23.1 Å². The SMILES string of the molecule is CSc1ccc(C(=O)NC2CCc3nn(Cc4csc(C)n4)c(=O)n3CC2)cc1. The third kappa shape index (κ3) is 4.45. The van der Waals surface area contributed by atoms with Crippen molar-refractivity contribution in [3.05, 3.63) is 62.2 Å². The number of thiazole rings is 1. The molecule has 1 aliphatic rings. The minimum Gasteiger partial charge on any atom is -0.349 e. The van der Waals surface area contributed by atoms with E-state index in [9.17, 15) is 9.59 Å². The first kappa shape index (κ1) is 19.9. The van der Waals surface area contributed by atoms with Crippen LogP contribution in [0.5, 0.6) is 0 Å². The Kier molecular flexibility index (Phi) is 5.86. The first-order chi connectivity index (χ1) is 14.0. The Hall–Kier alpha value is -2.39. The third-order valence-electron chi connectivity index (χ3n) is 5.08. The molecule has 1 aromatic carbocycles. The lowest BCUT2D eigenvalue weighted by Crippen LogP contribution is -2.35. The zero-order valence-corrected chi connectivity index (χ0v) is 18.1. The summed E-state index contributed by atoms with van der Waals surface area (Å²) in [7, 11) is 0. The maximum atomic E-state index is 12.7. The minimum atomic E-state index is -0.106. The van der Waals surface area contributed by atoms with Crippen molar-refractivity contribution in [3.8, 4) is 0 Å². The van der Waals surface area contributed by atoms with E-state index in [1.807, 2.05) is 42.8 Å². The Balaban J connectivity index is 1.40. The summed E-state index contributed by atoms with van der Waals surface area (Å²) in [6.07, 6.45) is 4.15. The van der Waals surface area contributed by atoms with Crippen molar-refractivity contribution in [2.75, 3.05) is 6.26 Å². The Bertz CT molecular complexity index is 1070. The highest BCUT2D eigenvalue weighted by Crippen LogP contribution is 2.17. The zero-order chi connectivity index (χ0) is 20.4. The molecule has 1 aliphatic heterocycles. The summed E-state index contributed by atoms with van der Waals surface area (Å²) in [4.78, 5) is 30.8. The fraction of sp³-hybridized carbons (Fsp3) is 0.400. The number of nitrogens with one attached hydrogen (secondary N) is 1. The lowest BCUT2D eigenvalue weighted by atomic mass is 10.1. The van der Waals surface area contributed by atoms with Gasteiger partial charge in [-0.05, 0) is 50.3 Å². The molecule has 0 saturated heterocycles. The molecule has 7 nitrogen and oxygen atoms in total. The molecule has 1 atom stereocenters.